The van der Waals surface area contributed by atoms with Crippen LogP contribution in [0.3, 0.4) is 0 Å². The van der Waals surface area contributed by atoms with E-state index in [0.717, 1.165) is 62.5 Å². The highest BCUT2D eigenvalue weighted by molar-refractivity contribution is 7.91. The lowest BCUT2D eigenvalue weighted by molar-refractivity contribution is -0.0737. The van der Waals surface area contributed by atoms with Crippen molar-refractivity contribution in [2.45, 2.75) is 127 Å². The zero-order valence-corrected chi connectivity index (χ0v) is 27.1. The van der Waals surface area contributed by atoms with Crippen molar-refractivity contribution in [3.8, 4) is 0 Å². The summed E-state index contributed by atoms with van der Waals surface area (Å²) in [6, 6.07) is 8.80. The fourth-order valence-electron chi connectivity index (χ4n) is 7.11. The molecular formula is C35H54O6S. The summed E-state index contributed by atoms with van der Waals surface area (Å²) in [5.41, 5.74) is 2.23. The number of hydrogen-bond donors (Lipinski definition) is 1. The molecule has 0 radical (unpaired) electrons. The van der Waals surface area contributed by atoms with Crippen molar-refractivity contribution >= 4 is 9.84 Å². The molecule has 3 heterocycles. The van der Waals surface area contributed by atoms with Crippen molar-refractivity contribution in [2.75, 3.05) is 12.4 Å². The third-order valence-corrected chi connectivity index (χ3v) is 12.0. The summed E-state index contributed by atoms with van der Waals surface area (Å²) in [5, 5.41) is 9.17. The first kappa shape index (κ1) is 33.4. The molecule has 0 aromatic heterocycles. The van der Waals surface area contributed by atoms with E-state index in [9.17, 15) is 8.42 Å². The topological polar surface area (TPSA) is 82.1 Å². The molecule has 4 rings (SSSR count). The average Bonchev–Trinajstić information content (AvgIpc) is 3.46. The third-order valence-electron chi connectivity index (χ3n) is 10.1. The molecule has 236 valence electrons. The number of hydrogen-bond acceptors (Lipinski definition) is 6. The SMILES string of the molecule is C=C1C(C[C@@H]2O[C@H](C[C@H](C)CC)[C@H](C)[C@H]2CS(=O)(=O)c2ccccc2)OC(CC[C@@H]2O[C@@H](CCCO)CC2=C)C[C@H]1C. The minimum absolute atomic E-state index is 0.0373. The van der Waals surface area contributed by atoms with Gasteiger partial charge in [0.1, 0.15) is 0 Å². The Hall–Kier alpha value is -1.51. The number of sulfone groups is 1. The highest BCUT2D eigenvalue weighted by Crippen LogP contribution is 2.43. The quantitative estimate of drug-likeness (QED) is 0.233. The van der Waals surface area contributed by atoms with Gasteiger partial charge in [-0.1, -0.05) is 65.5 Å². The number of aliphatic hydroxyl groups is 1. The second kappa shape index (κ2) is 15.0. The highest BCUT2D eigenvalue weighted by Gasteiger charge is 2.46. The normalized spacial score (nSPS) is 34.6. The Kier molecular flexibility index (Phi) is 11.9. The van der Waals surface area contributed by atoms with Crippen LogP contribution in [0.5, 0.6) is 0 Å². The van der Waals surface area contributed by atoms with Crippen LogP contribution in [-0.4, -0.2) is 62.5 Å². The molecule has 0 spiro atoms. The zero-order chi connectivity index (χ0) is 30.4. The van der Waals surface area contributed by atoms with E-state index in [2.05, 4.69) is 40.9 Å². The van der Waals surface area contributed by atoms with Gasteiger partial charge in [0.2, 0.25) is 0 Å². The minimum Gasteiger partial charge on any atom is -0.396 e. The van der Waals surface area contributed by atoms with Gasteiger partial charge in [0, 0.05) is 18.9 Å². The van der Waals surface area contributed by atoms with Crippen LogP contribution in [0.2, 0.25) is 0 Å². The maximum Gasteiger partial charge on any atom is 0.178 e. The van der Waals surface area contributed by atoms with E-state index in [1.165, 1.54) is 0 Å². The second-order valence-electron chi connectivity index (χ2n) is 13.3. The molecule has 3 aliphatic heterocycles. The van der Waals surface area contributed by atoms with Crippen LogP contribution in [-0.2, 0) is 24.0 Å². The van der Waals surface area contributed by atoms with Gasteiger partial charge in [-0.15, -0.1) is 0 Å². The molecule has 1 aromatic carbocycles. The predicted molar refractivity (Wildman–Crippen MR) is 168 cm³/mol. The Morgan fingerprint density at radius 3 is 2.38 bits per heavy atom. The van der Waals surface area contributed by atoms with E-state index >= 15 is 0 Å². The van der Waals surface area contributed by atoms with E-state index in [0.29, 0.717) is 23.2 Å². The fraction of sp³-hybridized carbons (Fsp3) is 0.714. The maximum absolute atomic E-state index is 13.5. The van der Waals surface area contributed by atoms with E-state index in [4.69, 9.17) is 19.3 Å². The molecule has 0 aliphatic carbocycles. The Morgan fingerprint density at radius 2 is 1.69 bits per heavy atom. The Bertz CT molecular complexity index is 1130. The number of rotatable bonds is 14. The van der Waals surface area contributed by atoms with Gasteiger partial charge < -0.3 is 19.3 Å². The van der Waals surface area contributed by atoms with Crippen LogP contribution in [0.1, 0.15) is 85.5 Å². The van der Waals surface area contributed by atoms with Gasteiger partial charge in [-0.05, 0) is 86.0 Å². The van der Waals surface area contributed by atoms with Crippen LogP contribution in [0.4, 0.5) is 0 Å². The summed E-state index contributed by atoms with van der Waals surface area (Å²) in [5.74, 6) is 0.944. The van der Waals surface area contributed by atoms with Crippen LogP contribution in [0.25, 0.3) is 0 Å². The standard InChI is InChI=1S/C35H54O6S/c1-7-23(2)18-33-27(6)31(22-42(37,38)30-13-9-8-10-14-30)35(41-33)21-34-26(5)24(3)19-29(40-34)15-16-32-25(4)20-28(39-32)12-11-17-36/h8-10,13-14,23-24,27-29,31-36H,4-5,7,11-12,15-22H2,1-3,6H3/t23-,24-,27-,28+,29?,31-,32+,33-,34?,35+/m1/s1. The lowest BCUT2D eigenvalue weighted by atomic mass is 9.81. The zero-order valence-electron chi connectivity index (χ0n) is 26.2. The molecule has 1 aromatic rings. The molecule has 0 amide bonds. The van der Waals surface area contributed by atoms with Gasteiger partial charge in [-0.2, -0.15) is 0 Å². The van der Waals surface area contributed by atoms with Gasteiger partial charge >= 0.3 is 0 Å². The largest absolute Gasteiger partial charge is 0.396 e. The highest BCUT2D eigenvalue weighted by atomic mass is 32.2. The molecule has 2 unspecified atom stereocenters. The Morgan fingerprint density at radius 1 is 0.976 bits per heavy atom. The van der Waals surface area contributed by atoms with Gasteiger partial charge in [0.15, 0.2) is 9.84 Å². The van der Waals surface area contributed by atoms with Crippen molar-refractivity contribution in [1.29, 1.82) is 0 Å². The molecular weight excluding hydrogens is 548 g/mol. The van der Waals surface area contributed by atoms with Gasteiger partial charge in [-0.3, -0.25) is 0 Å². The molecule has 7 heteroatoms. The number of ether oxygens (including phenoxy) is 3. The van der Waals surface area contributed by atoms with E-state index in [-0.39, 0.29) is 60.8 Å². The average molecular weight is 603 g/mol. The van der Waals surface area contributed by atoms with E-state index in [1.54, 1.807) is 24.3 Å². The first-order chi connectivity index (χ1) is 20.0. The summed E-state index contributed by atoms with van der Waals surface area (Å²) < 4.78 is 46.7. The van der Waals surface area contributed by atoms with Gasteiger partial charge in [0.05, 0.1) is 47.3 Å². The monoisotopic (exact) mass is 602 g/mol. The van der Waals surface area contributed by atoms with Crippen LogP contribution >= 0.6 is 0 Å². The molecule has 3 saturated heterocycles. The molecule has 1 N–H and O–H groups in total. The minimum atomic E-state index is -3.46. The summed E-state index contributed by atoms with van der Waals surface area (Å²) in [4.78, 5) is 0.377. The summed E-state index contributed by atoms with van der Waals surface area (Å²) in [6.07, 6.45) is 7.77. The van der Waals surface area contributed by atoms with Crippen LogP contribution in [0.15, 0.2) is 59.5 Å². The maximum atomic E-state index is 13.5. The Balaban J connectivity index is 1.43. The van der Waals surface area contributed by atoms with E-state index < -0.39 is 9.84 Å². The molecule has 0 bridgehead atoms. The summed E-state index contributed by atoms with van der Waals surface area (Å²) in [7, 11) is -3.46. The molecule has 42 heavy (non-hydrogen) atoms. The van der Waals surface area contributed by atoms with Crippen molar-refractivity contribution in [3.63, 3.8) is 0 Å². The molecule has 3 aliphatic rings. The summed E-state index contributed by atoms with van der Waals surface area (Å²) in [6.45, 7) is 17.7. The van der Waals surface area contributed by atoms with Gasteiger partial charge in [-0.25, -0.2) is 8.42 Å². The van der Waals surface area contributed by atoms with Crippen molar-refractivity contribution in [1.82, 2.24) is 0 Å². The third kappa shape index (κ3) is 8.35. The number of aliphatic hydroxyl groups excluding tert-OH is 1. The van der Waals surface area contributed by atoms with Crippen molar-refractivity contribution < 1.29 is 27.7 Å². The Labute approximate surface area is 254 Å². The fourth-order valence-corrected chi connectivity index (χ4v) is 8.89. The molecule has 10 atom stereocenters. The lowest BCUT2D eigenvalue weighted by Gasteiger charge is -2.38. The predicted octanol–water partition coefficient (Wildman–Crippen LogP) is 6.92. The van der Waals surface area contributed by atoms with Crippen LogP contribution in [0, 0.1) is 23.7 Å². The van der Waals surface area contributed by atoms with E-state index in [1.807, 2.05) is 6.07 Å². The summed E-state index contributed by atoms with van der Waals surface area (Å²) >= 11 is 0. The van der Waals surface area contributed by atoms with Crippen molar-refractivity contribution in [2.24, 2.45) is 23.7 Å². The molecule has 3 fully saturated rings. The van der Waals surface area contributed by atoms with Gasteiger partial charge in [0.25, 0.3) is 0 Å². The molecule has 0 saturated carbocycles. The molecule has 6 nitrogen and oxygen atoms in total. The first-order valence-corrected chi connectivity index (χ1v) is 17.9. The van der Waals surface area contributed by atoms with Crippen molar-refractivity contribution in [3.05, 3.63) is 54.6 Å². The first-order valence-electron chi connectivity index (χ1n) is 16.2. The smallest absolute Gasteiger partial charge is 0.178 e. The second-order valence-corrected chi connectivity index (χ2v) is 15.4. The van der Waals surface area contributed by atoms with Crippen LogP contribution < -0.4 is 0 Å². The number of benzene rings is 1. The lowest BCUT2D eigenvalue weighted by Crippen LogP contribution is -2.38.